The number of aliphatic hydroxyl groups excluding tert-OH is 14. The number of aliphatic hydroxyl groups is 15. The molecule has 24 heteroatoms. The summed E-state index contributed by atoms with van der Waals surface area (Å²) in [4.78, 5) is 14.3. The van der Waals surface area contributed by atoms with Gasteiger partial charge in [0.2, 0.25) is 6.29 Å². The lowest BCUT2D eigenvalue weighted by Gasteiger charge is -2.64. The SMILES string of the molecule is CC1(O)C[C@@]23CC[C@H]4[C@@](C)(CCC[C@@]4(C)C(=O)OC4OC(CO)C(O)C(O)C4O)[C@@H]2CCC1(OC1OC(CO)C(O)C(OC2OC(CO)C(O)C(O)C2O)C1OC1OC(CO)C(O)C(O)C1O)C3. The molecule has 0 aromatic rings. The molecule has 8 rings (SSSR count). The van der Waals surface area contributed by atoms with E-state index in [-0.39, 0.29) is 31.1 Å². The van der Waals surface area contributed by atoms with Crippen molar-refractivity contribution in [2.24, 2.45) is 28.1 Å². The van der Waals surface area contributed by atoms with Crippen molar-refractivity contribution in [2.45, 2.75) is 213 Å². The van der Waals surface area contributed by atoms with Crippen molar-refractivity contribution in [1.82, 2.24) is 0 Å². The molecule has 4 aliphatic carbocycles. The molecule has 0 aromatic carbocycles. The molecule has 22 unspecified atom stereocenters. The Bertz CT molecular complexity index is 1760. The Hall–Kier alpha value is -1.41. The molecule has 8 aliphatic rings. The van der Waals surface area contributed by atoms with Gasteiger partial charge >= 0.3 is 5.97 Å². The van der Waals surface area contributed by atoms with Gasteiger partial charge in [-0.3, -0.25) is 4.79 Å². The Kier molecular flexibility index (Phi) is 15.1. The molecule has 8 fully saturated rings. The summed E-state index contributed by atoms with van der Waals surface area (Å²) in [6, 6.07) is 0. The molecule has 4 aliphatic heterocycles. The zero-order chi connectivity index (χ0) is 49.6. The normalized spacial score (nSPS) is 56.1. The van der Waals surface area contributed by atoms with Gasteiger partial charge < -0.3 is 114 Å². The molecular weight excluding hydrogens is 912 g/mol. The number of hydrogen-bond acceptors (Lipinski definition) is 24. The molecule has 392 valence electrons. The number of carbonyl (C=O) groups is 1. The van der Waals surface area contributed by atoms with Crippen LogP contribution in [0.4, 0.5) is 0 Å². The van der Waals surface area contributed by atoms with E-state index in [0.717, 1.165) is 6.42 Å². The highest BCUT2D eigenvalue weighted by Crippen LogP contribution is 2.74. The van der Waals surface area contributed by atoms with Crippen LogP contribution < -0.4 is 0 Å². The highest BCUT2D eigenvalue weighted by atomic mass is 16.8. The van der Waals surface area contributed by atoms with Gasteiger partial charge in [-0.2, -0.15) is 0 Å². The van der Waals surface area contributed by atoms with Gasteiger partial charge in [0.1, 0.15) is 103 Å². The van der Waals surface area contributed by atoms with E-state index < -0.39 is 183 Å². The van der Waals surface area contributed by atoms with E-state index in [2.05, 4.69) is 6.92 Å². The summed E-state index contributed by atoms with van der Waals surface area (Å²) in [7, 11) is 0. The fourth-order valence-electron chi connectivity index (χ4n) is 14.0. The molecule has 15 N–H and O–H groups in total. The Balaban J connectivity index is 1.08. The number of esters is 1. The first kappa shape index (κ1) is 52.9. The van der Waals surface area contributed by atoms with Gasteiger partial charge in [0.05, 0.1) is 37.4 Å². The van der Waals surface area contributed by atoms with E-state index in [1.807, 2.05) is 6.92 Å². The Morgan fingerprint density at radius 2 is 0.971 bits per heavy atom. The lowest BCUT2D eigenvalue weighted by atomic mass is 9.41. The van der Waals surface area contributed by atoms with Crippen LogP contribution in [0.5, 0.6) is 0 Å². The van der Waals surface area contributed by atoms with Gasteiger partial charge in [0.25, 0.3) is 0 Å². The van der Waals surface area contributed by atoms with E-state index >= 15 is 0 Å². The Morgan fingerprint density at radius 1 is 0.515 bits per heavy atom. The molecule has 4 heterocycles. The van der Waals surface area contributed by atoms with Crippen LogP contribution in [0.25, 0.3) is 0 Å². The lowest BCUT2D eigenvalue weighted by molar-refractivity contribution is -0.406. The van der Waals surface area contributed by atoms with Crippen molar-refractivity contribution in [1.29, 1.82) is 0 Å². The molecule has 0 radical (unpaired) electrons. The summed E-state index contributed by atoms with van der Waals surface area (Å²) < 4.78 is 48.1. The standard InChI is InChI=1S/C44H72O24/c1-40-7-4-8-41(2,39(59)67-37-32(58)29(55)25(51)19(13-47)63-37)21(40)5-9-43-15-42(3,60)44(16-43,10-6-22(40)43)68-38-34(66-36-31(57)28(54)24(50)18(12-46)62-36)33(26(52)20(14-48)64-38)65-35-30(56)27(53)23(49)17(11-45)61-35/h17-38,45-58,60H,4-16H2,1-3H3/t17?,18?,19?,20?,21-,22-,23?,24?,25?,26?,27?,28?,29?,30?,31?,32?,33?,34?,35?,36?,37?,38?,40+,41+,42?,43+,44?/m0/s1. The fourth-order valence-corrected chi connectivity index (χ4v) is 14.0. The maximum absolute atomic E-state index is 14.3. The molecule has 4 saturated carbocycles. The molecule has 2 bridgehead atoms. The minimum atomic E-state index is -1.99. The van der Waals surface area contributed by atoms with Gasteiger partial charge in [-0.1, -0.05) is 13.3 Å². The maximum Gasteiger partial charge on any atom is 0.314 e. The molecule has 4 saturated heterocycles. The first-order valence-electron chi connectivity index (χ1n) is 23.7. The van der Waals surface area contributed by atoms with Crippen molar-refractivity contribution in [2.75, 3.05) is 26.4 Å². The third-order valence-corrected chi connectivity index (χ3v) is 17.6. The maximum atomic E-state index is 14.3. The Morgan fingerprint density at radius 3 is 1.50 bits per heavy atom. The van der Waals surface area contributed by atoms with Crippen molar-refractivity contribution < 1.29 is 119 Å². The zero-order valence-electron chi connectivity index (χ0n) is 38.3. The summed E-state index contributed by atoms with van der Waals surface area (Å²) in [5.74, 6) is -1.02. The van der Waals surface area contributed by atoms with Crippen molar-refractivity contribution >= 4 is 5.97 Å². The van der Waals surface area contributed by atoms with Crippen LogP contribution in [0, 0.1) is 28.1 Å². The van der Waals surface area contributed by atoms with Crippen LogP contribution in [0.3, 0.4) is 0 Å². The number of ether oxygens (including phenoxy) is 8. The molecular formula is C44H72O24. The van der Waals surface area contributed by atoms with Gasteiger partial charge in [0, 0.05) is 0 Å². The summed E-state index contributed by atoms with van der Waals surface area (Å²) in [5, 5.41) is 160. The summed E-state index contributed by atoms with van der Waals surface area (Å²) in [6.45, 7) is 2.35. The van der Waals surface area contributed by atoms with Crippen molar-refractivity contribution in [3.05, 3.63) is 0 Å². The highest BCUT2D eigenvalue weighted by molar-refractivity contribution is 5.77. The fraction of sp³-hybridized carbons (Fsp3) is 0.977. The number of carbonyl (C=O) groups excluding carboxylic acids is 1. The second-order valence-corrected chi connectivity index (χ2v) is 21.5. The average molecular weight is 985 g/mol. The molecule has 0 aromatic heterocycles. The second-order valence-electron chi connectivity index (χ2n) is 21.5. The average Bonchev–Trinajstić information content (AvgIpc) is 3.46. The monoisotopic (exact) mass is 984 g/mol. The number of rotatable bonds is 12. The van der Waals surface area contributed by atoms with E-state index in [1.165, 1.54) is 0 Å². The van der Waals surface area contributed by atoms with E-state index in [0.29, 0.717) is 32.1 Å². The molecule has 27 atom stereocenters. The predicted molar refractivity (Wildman–Crippen MR) is 221 cm³/mol. The molecule has 1 spiro atoms. The molecule has 68 heavy (non-hydrogen) atoms. The van der Waals surface area contributed by atoms with Gasteiger partial charge in [-0.05, 0) is 87.9 Å². The summed E-state index contributed by atoms with van der Waals surface area (Å²) in [6.07, 6.45) is -31.0. The lowest BCUT2D eigenvalue weighted by Crippen LogP contribution is -2.68. The Labute approximate surface area is 391 Å². The van der Waals surface area contributed by atoms with Crippen LogP contribution in [-0.2, 0) is 42.7 Å². The smallest absolute Gasteiger partial charge is 0.314 e. The van der Waals surface area contributed by atoms with Crippen LogP contribution in [0.15, 0.2) is 0 Å². The van der Waals surface area contributed by atoms with Crippen molar-refractivity contribution in [3.8, 4) is 0 Å². The zero-order valence-corrected chi connectivity index (χ0v) is 38.3. The minimum Gasteiger partial charge on any atom is -0.432 e. The van der Waals surface area contributed by atoms with Gasteiger partial charge in [-0.25, -0.2) is 0 Å². The topological polar surface area (TPSA) is 394 Å². The minimum absolute atomic E-state index is 0.0955. The largest absolute Gasteiger partial charge is 0.432 e. The van der Waals surface area contributed by atoms with E-state index in [9.17, 15) is 81.4 Å². The summed E-state index contributed by atoms with van der Waals surface area (Å²) in [5.41, 5.74) is -5.28. The first-order valence-corrected chi connectivity index (χ1v) is 23.7. The molecule has 24 nitrogen and oxygen atoms in total. The van der Waals surface area contributed by atoms with E-state index in [1.54, 1.807) is 6.92 Å². The van der Waals surface area contributed by atoms with Gasteiger partial charge in [0.15, 0.2) is 18.9 Å². The number of fused-ring (bicyclic) bond motifs is 3. The van der Waals surface area contributed by atoms with Gasteiger partial charge in [-0.15, -0.1) is 0 Å². The van der Waals surface area contributed by atoms with Crippen LogP contribution >= 0.6 is 0 Å². The molecule has 0 amide bonds. The van der Waals surface area contributed by atoms with Crippen molar-refractivity contribution in [3.63, 3.8) is 0 Å². The second kappa shape index (κ2) is 19.5. The highest BCUT2D eigenvalue weighted by Gasteiger charge is 2.73. The predicted octanol–water partition coefficient (Wildman–Crippen LogP) is -5.92. The van der Waals surface area contributed by atoms with Crippen LogP contribution in [-0.4, -0.2) is 243 Å². The third kappa shape index (κ3) is 8.57. The number of hydrogen-bond donors (Lipinski definition) is 15. The third-order valence-electron chi connectivity index (χ3n) is 17.6. The summed E-state index contributed by atoms with van der Waals surface area (Å²) >= 11 is 0. The first-order chi connectivity index (χ1) is 32.0. The van der Waals surface area contributed by atoms with E-state index in [4.69, 9.17) is 37.9 Å². The quantitative estimate of drug-likeness (QED) is 0.0639. The van der Waals surface area contributed by atoms with Crippen LogP contribution in [0.2, 0.25) is 0 Å². The van der Waals surface area contributed by atoms with Crippen LogP contribution in [0.1, 0.15) is 78.6 Å².